The summed E-state index contributed by atoms with van der Waals surface area (Å²) in [5, 5.41) is 0. The molecule has 0 aromatic heterocycles. The standard InChI is InChI=1S/C11H14O7S2/c1-2-5-10-6-3-4-7-11(10)18-19(12,13)9-8-17-20(14,15)16/h2-4,6-7H,1,5,8-9H2,(H,14,15,16). The van der Waals surface area contributed by atoms with Crippen molar-refractivity contribution in [3.05, 3.63) is 42.5 Å². The monoisotopic (exact) mass is 322 g/mol. The molecule has 0 aliphatic rings. The summed E-state index contributed by atoms with van der Waals surface area (Å²) in [5.74, 6) is -0.575. The zero-order chi connectivity index (χ0) is 15.2. The average molecular weight is 322 g/mol. The molecule has 1 N–H and O–H groups in total. The van der Waals surface area contributed by atoms with Gasteiger partial charge in [0.2, 0.25) is 0 Å². The van der Waals surface area contributed by atoms with Crippen molar-refractivity contribution in [2.24, 2.45) is 0 Å². The van der Waals surface area contributed by atoms with E-state index in [-0.39, 0.29) is 5.75 Å². The fourth-order valence-electron chi connectivity index (χ4n) is 1.33. The largest absolute Gasteiger partial charge is 0.397 e. The Kier molecular flexibility index (Phi) is 5.69. The Morgan fingerprint density at radius 2 is 1.85 bits per heavy atom. The van der Waals surface area contributed by atoms with Crippen LogP contribution < -0.4 is 4.18 Å². The van der Waals surface area contributed by atoms with E-state index in [4.69, 9.17) is 8.74 Å². The molecule has 0 amide bonds. The predicted molar refractivity (Wildman–Crippen MR) is 72.3 cm³/mol. The van der Waals surface area contributed by atoms with Crippen LogP contribution in [0.15, 0.2) is 36.9 Å². The van der Waals surface area contributed by atoms with Gasteiger partial charge in [-0.3, -0.25) is 4.55 Å². The normalized spacial score (nSPS) is 12.1. The second kappa shape index (κ2) is 6.84. The van der Waals surface area contributed by atoms with Gasteiger partial charge in [-0.2, -0.15) is 16.8 Å². The second-order valence-corrected chi connectivity index (χ2v) is 6.48. The Labute approximate surface area is 117 Å². The highest BCUT2D eigenvalue weighted by Crippen LogP contribution is 2.20. The van der Waals surface area contributed by atoms with Crippen LogP contribution in [0, 0.1) is 0 Å². The summed E-state index contributed by atoms with van der Waals surface area (Å²) in [7, 11) is -8.70. The number of hydrogen-bond donors (Lipinski definition) is 1. The van der Waals surface area contributed by atoms with Crippen molar-refractivity contribution in [3.8, 4) is 5.75 Å². The molecular weight excluding hydrogens is 308 g/mol. The lowest BCUT2D eigenvalue weighted by atomic mass is 10.1. The van der Waals surface area contributed by atoms with Crippen LogP contribution in [0.3, 0.4) is 0 Å². The average Bonchev–Trinajstić information content (AvgIpc) is 2.29. The molecule has 7 nitrogen and oxygen atoms in total. The van der Waals surface area contributed by atoms with Crippen molar-refractivity contribution in [2.45, 2.75) is 6.42 Å². The van der Waals surface area contributed by atoms with Gasteiger partial charge in [-0.05, 0) is 18.1 Å². The molecule has 0 aliphatic heterocycles. The first-order valence-electron chi connectivity index (χ1n) is 5.46. The Balaban J connectivity index is 2.73. The smallest absolute Gasteiger partial charge is 0.382 e. The van der Waals surface area contributed by atoms with E-state index in [2.05, 4.69) is 10.8 Å². The molecule has 1 aromatic rings. The molecule has 9 heteroatoms. The molecule has 0 atom stereocenters. The Hall–Kier alpha value is -1.42. The van der Waals surface area contributed by atoms with Gasteiger partial charge >= 0.3 is 20.5 Å². The van der Waals surface area contributed by atoms with Crippen molar-refractivity contribution >= 4 is 20.5 Å². The Morgan fingerprint density at radius 1 is 1.20 bits per heavy atom. The van der Waals surface area contributed by atoms with Gasteiger partial charge < -0.3 is 4.18 Å². The van der Waals surface area contributed by atoms with E-state index in [1.54, 1.807) is 24.3 Å². The van der Waals surface area contributed by atoms with Gasteiger partial charge in [-0.25, -0.2) is 4.18 Å². The Morgan fingerprint density at radius 3 is 2.45 bits per heavy atom. The third-order valence-corrected chi connectivity index (χ3v) is 3.68. The molecule has 112 valence electrons. The quantitative estimate of drug-likeness (QED) is 0.431. The van der Waals surface area contributed by atoms with E-state index >= 15 is 0 Å². The third kappa shape index (κ3) is 6.15. The van der Waals surface area contributed by atoms with E-state index < -0.39 is 32.9 Å². The van der Waals surface area contributed by atoms with Gasteiger partial charge in [0.15, 0.2) is 0 Å². The van der Waals surface area contributed by atoms with Crippen molar-refractivity contribution < 1.29 is 29.8 Å². The van der Waals surface area contributed by atoms with Gasteiger partial charge in [0, 0.05) is 0 Å². The molecule has 1 rings (SSSR count). The number of rotatable bonds is 8. The van der Waals surface area contributed by atoms with Gasteiger partial charge in [0.05, 0.1) is 6.61 Å². The minimum absolute atomic E-state index is 0.138. The van der Waals surface area contributed by atoms with Crippen LogP contribution in [0.5, 0.6) is 5.75 Å². The summed E-state index contributed by atoms with van der Waals surface area (Å²) in [5.41, 5.74) is 0.627. The maximum absolute atomic E-state index is 11.6. The predicted octanol–water partition coefficient (Wildman–Crippen LogP) is 0.943. The molecule has 0 saturated heterocycles. The van der Waals surface area contributed by atoms with Crippen LogP contribution in [-0.2, 0) is 31.1 Å². The maximum Gasteiger partial charge on any atom is 0.397 e. The molecule has 1 aromatic carbocycles. The SMILES string of the molecule is C=CCc1ccccc1OS(=O)(=O)CCOS(=O)(=O)O. The molecule has 0 radical (unpaired) electrons. The first-order valence-corrected chi connectivity index (χ1v) is 8.40. The fraction of sp³-hybridized carbons (Fsp3) is 0.273. The second-order valence-electron chi connectivity index (χ2n) is 3.70. The van der Waals surface area contributed by atoms with E-state index in [0.29, 0.717) is 12.0 Å². The van der Waals surface area contributed by atoms with Crippen molar-refractivity contribution in [1.29, 1.82) is 0 Å². The summed E-state index contributed by atoms with van der Waals surface area (Å²) in [6.45, 7) is 2.82. The van der Waals surface area contributed by atoms with Crippen LogP contribution in [-0.4, -0.2) is 33.7 Å². The lowest BCUT2D eigenvalue weighted by Crippen LogP contribution is -2.20. The van der Waals surface area contributed by atoms with Gasteiger partial charge in [0.1, 0.15) is 11.5 Å². The summed E-state index contributed by atoms with van der Waals surface area (Å²) in [6.07, 6.45) is 2.02. The van der Waals surface area contributed by atoms with E-state index in [9.17, 15) is 16.8 Å². The highest BCUT2D eigenvalue weighted by atomic mass is 32.3. The molecule has 0 heterocycles. The third-order valence-electron chi connectivity index (χ3n) is 2.12. The molecule has 0 aliphatic carbocycles. The molecule has 0 fully saturated rings. The van der Waals surface area contributed by atoms with Crippen molar-refractivity contribution in [2.75, 3.05) is 12.4 Å². The van der Waals surface area contributed by atoms with Crippen LogP contribution in [0.1, 0.15) is 5.56 Å². The summed E-state index contributed by atoms with van der Waals surface area (Å²) in [4.78, 5) is 0. The van der Waals surface area contributed by atoms with Gasteiger partial charge in [0.25, 0.3) is 0 Å². The van der Waals surface area contributed by atoms with Crippen LogP contribution >= 0.6 is 0 Å². The minimum Gasteiger partial charge on any atom is -0.382 e. The summed E-state index contributed by atoms with van der Waals surface area (Å²) in [6, 6.07) is 6.48. The van der Waals surface area contributed by atoms with Crippen LogP contribution in [0.2, 0.25) is 0 Å². The van der Waals surface area contributed by atoms with Crippen molar-refractivity contribution in [3.63, 3.8) is 0 Å². The van der Waals surface area contributed by atoms with Crippen molar-refractivity contribution in [1.82, 2.24) is 0 Å². The van der Waals surface area contributed by atoms with Crippen LogP contribution in [0.4, 0.5) is 0 Å². The maximum atomic E-state index is 11.6. The summed E-state index contributed by atoms with van der Waals surface area (Å²) < 4.78 is 61.0. The molecule has 0 saturated carbocycles. The van der Waals surface area contributed by atoms with E-state index in [0.717, 1.165) is 0 Å². The fourth-order valence-corrected chi connectivity index (χ4v) is 2.54. The van der Waals surface area contributed by atoms with Crippen LogP contribution in [0.25, 0.3) is 0 Å². The summed E-state index contributed by atoms with van der Waals surface area (Å²) >= 11 is 0. The molecule has 0 unspecified atom stereocenters. The molecular formula is C11H14O7S2. The zero-order valence-corrected chi connectivity index (χ0v) is 12.1. The highest BCUT2D eigenvalue weighted by Gasteiger charge is 2.16. The zero-order valence-electron chi connectivity index (χ0n) is 10.4. The number of hydrogen-bond acceptors (Lipinski definition) is 6. The molecule has 0 spiro atoms. The lowest BCUT2D eigenvalue weighted by Gasteiger charge is -2.10. The topological polar surface area (TPSA) is 107 Å². The molecule has 20 heavy (non-hydrogen) atoms. The minimum atomic E-state index is -4.67. The lowest BCUT2D eigenvalue weighted by molar-refractivity contribution is 0.282. The first-order chi connectivity index (χ1) is 9.23. The van der Waals surface area contributed by atoms with E-state index in [1.807, 2.05) is 0 Å². The number of allylic oxidation sites excluding steroid dienone is 1. The van der Waals surface area contributed by atoms with E-state index in [1.165, 1.54) is 6.07 Å². The number of para-hydroxylation sites is 1. The highest BCUT2D eigenvalue weighted by molar-refractivity contribution is 7.87. The van der Waals surface area contributed by atoms with Gasteiger partial charge in [-0.15, -0.1) is 6.58 Å². The molecule has 0 bridgehead atoms. The number of benzene rings is 1. The van der Waals surface area contributed by atoms with Gasteiger partial charge in [-0.1, -0.05) is 24.3 Å². The first kappa shape index (κ1) is 16.6. The Bertz CT molecular complexity index is 662.